The fourth-order valence-electron chi connectivity index (χ4n) is 2.50. The van der Waals surface area contributed by atoms with E-state index >= 15 is 0 Å². The zero-order chi connectivity index (χ0) is 19.4. The van der Waals surface area contributed by atoms with Gasteiger partial charge in [-0.15, -0.1) is 10.2 Å². The van der Waals surface area contributed by atoms with Crippen molar-refractivity contribution in [2.45, 2.75) is 25.7 Å². The Balaban J connectivity index is 1.77. The maximum Gasteiger partial charge on any atom is 0.261 e. The highest BCUT2D eigenvalue weighted by Gasteiger charge is 2.15. The van der Waals surface area contributed by atoms with Gasteiger partial charge in [0.25, 0.3) is 10.0 Å². The largest absolute Gasteiger partial charge is 0.477 e. The molecule has 0 aliphatic heterocycles. The third-order valence-electron chi connectivity index (χ3n) is 4.15. The molecule has 3 rings (SSSR count). The predicted octanol–water partition coefficient (Wildman–Crippen LogP) is 3.96. The first-order chi connectivity index (χ1) is 12.9. The van der Waals surface area contributed by atoms with Gasteiger partial charge >= 0.3 is 0 Å². The third-order valence-corrected chi connectivity index (χ3v) is 5.53. The summed E-state index contributed by atoms with van der Waals surface area (Å²) >= 11 is 0. The zero-order valence-electron chi connectivity index (χ0n) is 15.4. The van der Waals surface area contributed by atoms with Crippen molar-refractivity contribution in [1.82, 2.24) is 10.2 Å². The van der Waals surface area contributed by atoms with Gasteiger partial charge in [-0.1, -0.05) is 18.2 Å². The van der Waals surface area contributed by atoms with Gasteiger partial charge in [0.05, 0.1) is 17.2 Å². The average Bonchev–Trinajstić information content (AvgIpc) is 2.65. The standard InChI is InChI=1S/C20H21N3O3S/c1-4-26-20-12-11-19(21-22-20)16-6-8-17(9-7-16)23-27(24,25)18-10-5-14(2)15(3)13-18/h5-13,23H,4H2,1-3H3. The quantitative estimate of drug-likeness (QED) is 0.697. The van der Waals surface area contributed by atoms with Gasteiger partial charge in [0, 0.05) is 17.3 Å². The minimum Gasteiger partial charge on any atom is -0.477 e. The van der Waals surface area contributed by atoms with Crippen LogP contribution >= 0.6 is 0 Å². The number of benzene rings is 2. The number of sulfonamides is 1. The highest BCUT2D eigenvalue weighted by Crippen LogP contribution is 2.23. The topological polar surface area (TPSA) is 81.2 Å². The molecule has 0 aliphatic carbocycles. The Morgan fingerprint density at radius 2 is 1.67 bits per heavy atom. The van der Waals surface area contributed by atoms with E-state index in [2.05, 4.69) is 14.9 Å². The Kier molecular flexibility index (Phi) is 5.41. The fraction of sp³-hybridized carbons (Fsp3) is 0.200. The minimum atomic E-state index is -3.64. The molecule has 0 bridgehead atoms. The Hall–Kier alpha value is -2.93. The first-order valence-corrected chi connectivity index (χ1v) is 10.0. The van der Waals surface area contributed by atoms with Gasteiger partial charge < -0.3 is 4.74 Å². The minimum absolute atomic E-state index is 0.243. The smallest absolute Gasteiger partial charge is 0.261 e. The summed E-state index contributed by atoms with van der Waals surface area (Å²) in [5.74, 6) is 0.471. The van der Waals surface area contributed by atoms with Crippen molar-refractivity contribution in [3.63, 3.8) is 0 Å². The molecule has 1 aromatic heterocycles. The highest BCUT2D eigenvalue weighted by atomic mass is 32.2. The van der Waals surface area contributed by atoms with Crippen molar-refractivity contribution in [2.75, 3.05) is 11.3 Å². The van der Waals surface area contributed by atoms with E-state index in [4.69, 9.17) is 4.74 Å². The SMILES string of the molecule is CCOc1ccc(-c2ccc(NS(=O)(=O)c3ccc(C)c(C)c3)cc2)nn1. The van der Waals surface area contributed by atoms with Crippen molar-refractivity contribution >= 4 is 15.7 Å². The Morgan fingerprint density at radius 3 is 2.26 bits per heavy atom. The number of hydrogen-bond acceptors (Lipinski definition) is 5. The lowest BCUT2D eigenvalue weighted by Gasteiger charge is -2.10. The molecule has 1 heterocycles. The van der Waals surface area contributed by atoms with Crippen molar-refractivity contribution in [2.24, 2.45) is 0 Å². The van der Waals surface area contributed by atoms with Gasteiger partial charge in [0.1, 0.15) is 0 Å². The molecule has 0 fully saturated rings. The Bertz CT molecular complexity index is 1030. The van der Waals surface area contributed by atoms with Crippen molar-refractivity contribution in [3.05, 3.63) is 65.7 Å². The van der Waals surface area contributed by atoms with E-state index in [0.29, 0.717) is 23.9 Å². The van der Waals surface area contributed by atoms with Crippen LogP contribution in [0.1, 0.15) is 18.1 Å². The molecule has 0 atom stereocenters. The molecule has 1 N–H and O–H groups in total. The van der Waals surface area contributed by atoms with E-state index in [-0.39, 0.29) is 4.90 Å². The van der Waals surface area contributed by atoms with Gasteiger partial charge in [-0.2, -0.15) is 0 Å². The first-order valence-electron chi connectivity index (χ1n) is 8.56. The second kappa shape index (κ2) is 7.75. The summed E-state index contributed by atoms with van der Waals surface area (Å²) in [6.45, 7) is 6.25. The summed E-state index contributed by atoms with van der Waals surface area (Å²) in [5, 5.41) is 8.12. The van der Waals surface area contributed by atoms with Crippen LogP contribution in [-0.2, 0) is 10.0 Å². The predicted molar refractivity (Wildman–Crippen MR) is 105 cm³/mol. The average molecular weight is 383 g/mol. The van der Waals surface area contributed by atoms with E-state index in [0.717, 1.165) is 16.7 Å². The van der Waals surface area contributed by atoms with Crippen LogP contribution in [0.5, 0.6) is 5.88 Å². The summed E-state index contributed by atoms with van der Waals surface area (Å²) in [7, 11) is -3.64. The Morgan fingerprint density at radius 1 is 0.926 bits per heavy atom. The maximum atomic E-state index is 12.6. The molecule has 0 aliphatic rings. The molecule has 140 valence electrons. The Labute approximate surface area is 159 Å². The number of anilines is 1. The molecule has 0 amide bonds. The lowest BCUT2D eigenvalue weighted by Crippen LogP contribution is -2.13. The number of rotatable bonds is 6. The second-order valence-corrected chi connectivity index (χ2v) is 7.80. The number of hydrogen-bond donors (Lipinski definition) is 1. The molecule has 7 heteroatoms. The monoisotopic (exact) mass is 383 g/mol. The third kappa shape index (κ3) is 4.43. The first kappa shape index (κ1) is 18.8. The summed E-state index contributed by atoms with van der Waals surface area (Å²) in [5.41, 5.74) is 3.98. The van der Waals surface area contributed by atoms with Crippen LogP contribution in [0.3, 0.4) is 0 Å². The van der Waals surface area contributed by atoms with Crippen LogP contribution in [-0.4, -0.2) is 25.2 Å². The van der Waals surface area contributed by atoms with Crippen LogP contribution in [0.15, 0.2) is 59.5 Å². The fourth-order valence-corrected chi connectivity index (χ4v) is 3.65. The van der Waals surface area contributed by atoms with E-state index < -0.39 is 10.0 Å². The van der Waals surface area contributed by atoms with Gasteiger partial charge in [0.2, 0.25) is 5.88 Å². The zero-order valence-corrected chi connectivity index (χ0v) is 16.2. The second-order valence-electron chi connectivity index (χ2n) is 6.12. The lowest BCUT2D eigenvalue weighted by molar-refractivity contribution is 0.323. The summed E-state index contributed by atoms with van der Waals surface area (Å²) in [6, 6.07) is 15.6. The molecule has 6 nitrogen and oxygen atoms in total. The van der Waals surface area contributed by atoms with Crippen molar-refractivity contribution in [3.8, 4) is 17.1 Å². The molecule has 2 aromatic carbocycles. The summed E-state index contributed by atoms with van der Waals surface area (Å²) in [4.78, 5) is 0.243. The van der Waals surface area contributed by atoms with Crippen LogP contribution in [0.25, 0.3) is 11.3 Å². The summed E-state index contributed by atoms with van der Waals surface area (Å²) < 4.78 is 33.0. The number of nitrogens with one attached hydrogen (secondary N) is 1. The van der Waals surface area contributed by atoms with Crippen LogP contribution in [0.4, 0.5) is 5.69 Å². The molecule has 0 radical (unpaired) electrons. The van der Waals surface area contributed by atoms with E-state index in [1.54, 1.807) is 48.5 Å². The van der Waals surface area contributed by atoms with E-state index in [9.17, 15) is 8.42 Å². The van der Waals surface area contributed by atoms with E-state index in [1.165, 1.54) is 0 Å². The van der Waals surface area contributed by atoms with Gasteiger partial charge in [0.15, 0.2) is 0 Å². The maximum absolute atomic E-state index is 12.6. The molecular weight excluding hydrogens is 362 g/mol. The summed E-state index contributed by atoms with van der Waals surface area (Å²) in [6.07, 6.45) is 0. The number of aryl methyl sites for hydroxylation is 2. The molecule has 27 heavy (non-hydrogen) atoms. The molecule has 0 saturated heterocycles. The van der Waals surface area contributed by atoms with Crippen molar-refractivity contribution in [1.29, 1.82) is 0 Å². The molecule has 0 unspecified atom stereocenters. The van der Waals surface area contributed by atoms with Crippen molar-refractivity contribution < 1.29 is 13.2 Å². The highest BCUT2D eigenvalue weighted by molar-refractivity contribution is 7.92. The molecule has 0 saturated carbocycles. The number of ether oxygens (including phenoxy) is 1. The van der Waals surface area contributed by atoms with Crippen LogP contribution in [0, 0.1) is 13.8 Å². The van der Waals surface area contributed by atoms with Crippen LogP contribution < -0.4 is 9.46 Å². The van der Waals surface area contributed by atoms with Gasteiger partial charge in [-0.25, -0.2) is 8.42 Å². The van der Waals surface area contributed by atoms with Gasteiger partial charge in [-0.05, 0) is 62.2 Å². The number of aromatic nitrogens is 2. The molecular formula is C20H21N3O3S. The normalized spacial score (nSPS) is 11.2. The van der Waals surface area contributed by atoms with Gasteiger partial charge in [-0.3, -0.25) is 4.72 Å². The van der Waals surface area contributed by atoms with Crippen LogP contribution in [0.2, 0.25) is 0 Å². The molecule has 3 aromatic rings. The van der Waals surface area contributed by atoms with E-state index in [1.807, 2.05) is 26.8 Å². The lowest BCUT2D eigenvalue weighted by atomic mass is 10.1. The molecule has 0 spiro atoms. The number of nitrogens with zero attached hydrogens (tertiary/aromatic N) is 2.